The SMILES string of the molecule is CCC[CH2][Sn]([CH2]CCC)([CH2]CCC)[c]1nc2c3c(nc(SC)nc3c1F)N1CC3CCC(C1C(C)O2)N3C(=O)[O-]. The van der Waals surface area contributed by atoms with Gasteiger partial charge in [0.1, 0.15) is 0 Å². The number of pyridine rings is 1. The molecule has 2 aromatic heterocycles. The van der Waals surface area contributed by atoms with Crippen molar-refractivity contribution in [3.8, 4) is 5.88 Å². The average Bonchev–Trinajstić information content (AvgIpc) is 3.20. The summed E-state index contributed by atoms with van der Waals surface area (Å²) in [4.78, 5) is 30.6. The molecule has 4 atom stereocenters. The molecule has 0 saturated carbocycles. The second-order valence-electron chi connectivity index (χ2n) is 11.9. The predicted molar refractivity (Wildman–Crippen MR) is 159 cm³/mol. The van der Waals surface area contributed by atoms with E-state index < -0.39 is 24.5 Å². The molecule has 1 amide bonds. The van der Waals surface area contributed by atoms with E-state index in [0.717, 1.165) is 64.7 Å². The molecule has 2 saturated heterocycles. The molecule has 2 aromatic rings. The van der Waals surface area contributed by atoms with Crippen molar-refractivity contribution in [2.75, 3.05) is 17.7 Å². The average molecular weight is 679 g/mol. The van der Waals surface area contributed by atoms with Gasteiger partial charge in [-0.3, -0.25) is 0 Å². The molecule has 2 bridgehead atoms. The molecular formula is C29H43FN5O3SSn-. The van der Waals surface area contributed by atoms with Crippen LogP contribution in [0.5, 0.6) is 5.88 Å². The van der Waals surface area contributed by atoms with Gasteiger partial charge in [-0.15, -0.1) is 0 Å². The van der Waals surface area contributed by atoms with Gasteiger partial charge in [-0.25, -0.2) is 0 Å². The molecule has 2 fully saturated rings. The number of amides is 1. The summed E-state index contributed by atoms with van der Waals surface area (Å²) in [7, 11) is 0. The van der Waals surface area contributed by atoms with Crippen molar-refractivity contribution >= 4 is 56.7 Å². The molecule has 3 aliphatic rings. The molecule has 0 aliphatic carbocycles. The first-order chi connectivity index (χ1) is 19.3. The molecule has 220 valence electrons. The molecule has 5 rings (SSSR count). The molecule has 40 heavy (non-hydrogen) atoms. The summed E-state index contributed by atoms with van der Waals surface area (Å²) in [5.41, 5.74) is 0.322. The summed E-state index contributed by atoms with van der Waals surface area (Å²) < 4.78 is 27.6. The number of hydrogen-bond donors (Lipinski definition) is 0. The minimum atomic E-state index is -3.31. The predicted octanol–water partition coefficient (Wildman–Crippen LogP) is 5.09. The quantitative estimate of drug-likeness (QED) is 0.184. The second-order valence-corrected chi connectivity index (χ2v) is 25.6. The van der Waals surface area contributed by atoms with Gasteiger partial charge in [0.05, 0.1) is 0 Å². The van der Waals surface area contributed by atoms with Crippen molar-refractivity contribution in [3.63, 3.8) is 0 Å². The first kappa shape index (κ1) is 29.9. The first-order valence-electron chi connectivity index (χ1n) is 15.2. The summed E-state index contributed by atoms with van der Waals surface area (Å²) in [5.74, 6) is 0.795. The Morgan fingerprint density at radius 1 is 1.07 bits per heavy atom. The summed E-state index contributed by atoms with van der Waals surface area (Å²) in [6, 6.07) is -0.712. The van der Waals surface area contributed by atoms with E-state index in [1.165, 1.54) is 16.7 Å². The molecule has 3 aliphatic heterocycles. The fourth-order valence-corrected chi connectivity index (χ4v) is 23.4. The van der Waals surface area contributed by atoms with E-state index in [0.29, 0.717) is 38.0 Å². The topological polar surface area (TPSA) is 94.5 Å². The van der Waals surface area contributed by atoms with Crippen LogP contribution in [-0.2, 0) is 0 Å². The van der Waals surface area contributed by atoms with Crippen LogP contribution >= 0.6 is 11.8 Å². The number of carbonyl (C=O) groups is 1. The van der Waals surface area contributed by atoms with Crippen LogP contribution < -0.4 is 18.5 Å². The van der Waals surface area contributed by atoms with E-state index in [1.807, 2.05) is 13.2 Å². The number of fused-ring (bicyclic) bond motifs is 5. The van der Waals surface area contributed by atoms with Crippen LogP contribution in [0.2, 0.25) is 13.3 Å². The van der Waals surface area contributed by atoms with Crippen LogP contribution in [-0.4, -0.2) is 81.4 Å². The second kappa shape index (κ2) is 12.4. The van der Waals surface area contributed by atoms with E-state index >= 15 is 4.39 Å². The Labute approximate surface area is 245 Å². The summed E-state index contributed by atoms with van der Waals surface area (Å²) >= 11 is -1.91. The number of aromatic nitrogens is 3. The molecule has 0 radical (unpaired) electrons. The Morgan fingerprint density at radius 3 is 2.30 bits per heavy atom. The van der Waals surface area contributed by atoms with Crippen LogP contribution in [0.25, 0.3) is 10.9 Å². The summed E-state index contributed by atoms with van der Waals surface area (Å²) in [6.45, 7) is 9.09. The number of unbranched alkanes of at least 4 members (excludes halogenated alkanes) is 3. The van der Waals surface area contributed by atoms with Gasteiger partial charge in [-0.2, -0.15) is 0 Å². The molecular weight excluding hydrogens is 636 g/mol. The molecule has 8 nitrogen and oxygen atoms in total. The van der Waals surface area contributed by atoms with Gasteiger partial charge in [0.15, 0.2) is 0 Å². The van der Waals surface area contributed by atoms with Crippen molar-refractivity contribution in [1.29, 1.82) is 0 Å². The van der Waals surface area contributed by atoms with Crippen LogP contribution in [0.3, 0.4) is 0 Å². The van der Waals surface area contributed by atoms with E-state index in [4.69, 9.17) is 19.7 Å². The fourth-order valence-electron chi connectivity index (χ4n) is 7.42. The van der Waals surface area contributed by atoms with E-state index in [2.05, 4.69) is 25.7 Å². The number of carbonyl (C=O) groups excluding carboxylic acids is 1. The number of ether oxygens (including phenoxy) is 1. The molecule has 5 heterocycles. The van der Waals surface area contributed by atoms with E-state index in [9.17, 15) is 9.90 Å². The zero-order chi connectivity index (χ0) is 28.6. The van der Waals surface area contributed by atoms with E-state index in [1.54, 1.807) is 0 Å². The Bertz CT molecular complexity index is 1230. The number of halogens is 1. The van der Waals surface area contributed by atoms with Crippen LogP contribution in [0.4, 0.5) is 15.0 Å². The maximum absolute atomic E-state index is 17.0. The van der Waals surface area contributed by atoms with Crippen molar-refractivity contribution < 1.29 is 19.0 Å². The molecule has 0 N–H and O–H groups in total. The number of piperazine rings is 1. The Balaban J connectivity index is 1.73. The fraction of sp³-hybridized carbons (Fsp3) is 0.724. The zero-order valence-corrected chi connectivity index (χ0v) is 28.2. The van der Waals surface area contributed by atoms with Gasteiger partial charge in [0.2, 0.25) is 0 Å². The third kappa shape index (κ3) is 5.13. The van der Waals surface area contributed by atoms with Crippen molar-refractivity contribution in [1.82, 2.24) is 19.9 Å². The molecule has 0 aromatic carbocycles. The van der Waals surface area contributed by atoms with Crippen molar-refractivity contribution in [2.24, 2.45) is 0 Å². The molecule has 11 heteroatoms. The van der Waals surface area contributed by atoms with Gasteiger partial charge in [-0.1, -0.05) is 0 Å². The third-order valence-corrected chi connectivity index (χ3v) is 25.0. The van der Waals surface area contributed by atoms with Gasteiger partial charge >= 0.3 is 247 Å². The normalized spacial score (nSPS) is 23.8. The monoisotopic (exact) mass is 680 g/mol. The van der Waals surface area contributed by atoms with Gasteiger partial charge in [0.25, 0.3) is 0 Å². The Kier molecular flexibility index (Phi) is 9.24. The number of rotatable bonds is 11. The number of thioether (sulfide) groups is 1. The summed E-state index contributed by atoms with van der Waals surface area (Å²) in [5, 5.41) is 13.2. The van der Waals surface area contributed by atoms with Gasteiger partial charge in [0, 0.05) is 0 Å². The van der Waals surface area contributed by atoms with Gasteiger partial charge < -0.3 is 0 Å². The Morgan fingerprint density at radius 2 is 1.73 bits per heavy atom. The Hall–Kier alpha value is -1.56. The standard InChI is InChI=1S/C17H17FN5O3S.3C4H9.Sn/c1-7-13-10-4-3-8(23(10)17(24)25)6-22(13)14-11-12(20-16(21-14)27-2)9(18)5-19-15(11)26-7;3*1-3-4-2;/h7-8,10,13H,3-4,6H2,1-2H3,(H,24,25);3*1,3-4H2,2H3;/p-1. The number of anilines is 1. The van der Waals surface area contributed by atoms with Crippen molar-refractivity contribution in [3.05, 3.63) is 5.82 Å². The van der Waals surface area contributed by atoms with Crippen LogP contribution in [0.15, 0.2) is 5.16 Å². The molecule has 0 spiro atoms. The van der Waals surface area contributed by atoms with Crippen LogP contribution in [0.1, 0.15) is 79.1 Å². The van der Waals surface area contributed by atoms with E-state index in [-0.39, 0.29) is 30.0 Å². The van der Waals surface area contributed by atoms with Gasteiger partial charge in [-0.05, 0) is 0 Å². The van der Waals surface area contributed by atoms with Crippen LogP contribution in [0, 0.1) is 5.82 Å². The number of carboxylic acid groups (broad SMARTS) is 1. The zero-order valence-electron chi connectivity index (χ0n) is 24.5. The minimum absolute atomic E-state index is 0.180. The van der Waals surface area contributed by atoms with Crippen molar-refractivity contribution in [2.45, 2.75) is 122 Å². The summed E-state index contributed by atoms with van der Waals surface area (Å²) in [6.07, 6.45) is 8.47. The number of nitrogens with zero attached hydrogens (tertiary/aromatic N) is 5. The maximum atomic E-state index is 17.0. The number of hydrogen-bond acceptors (Lipinski definition) is 8. The molecule has 4 unspecified atom stereocenters. The first-order valence-corrected chi connectivity index (χ1v) is 23.9. The third-order valence-electron chi connectivity index (χ3n) is 9.39.